The number of anilines is 1. The number of methoxy groups -OCH3 is 1. The van der Waals surface area contributed by atoms with Crippen molar-refractivity contribution < 1.29 is 13.9 Å². The molecule has 2 fully saturated rings. The molecule has 0 bridgehead atoms. The van der Waals surface area contributed by atoms with E-state index >= 15 is 0 Å². The Morgan fingerprint density at radius 2 is 1.84 bits per heavy atom. The van der Waals surface area contributed by atoms with Crippen LogP contribution in [0, 0.1) is 23.6 Å². The second kappa shape index (κ2) is 13.6. The lowest BCUT2D eigenvalue weighted by Gasteiger charge is -2.39. The van der Waals surface area contributed by atoms with Crippen molar-refractivity contribution in [2.75, 3.05) is 44.9 Å². The Labute approximate surface area is 220 Å². The molecule has 3 atom stereocenters. The summed E-state index contributed by atoms with van der Waals surface area (Å²) in [5, 5.41) is 0. The first-order valence-electron chi connectivity index (χ1n) is 14.2. The standard InChI is InChI=1S/C30H43FN2O4/c1-36-15-8-16-37-30(24-12-5-6-13-26(24)31)23-11-7-14-33(20-23)27-25(28(34)29(27)35)18-22(19-32)17-21-9-3-2-4-10-21/h5-6,12-13,21-23,30H,2-4,7-11,14-20,32H2,1H3/t22-,23?,30?/m1/s1. The molecule has 2 aliphatic rings. The van der Waals surface area contributed by atoms with Gasteiger partial charge >= 0.3 is 0 Å². The van der Waals surface area contributed by atoms with E-state index < -0.39 is 6.10 Å². The molecule has 1 heterocycles. The summed E-state index contributed by atoms with van der Waals surface area (Å²) in [6.45, 7) is 2.86. The molecule has 7 heteroatoms. The van der Waals surface area contributed by atoms with E-state index in [9.17, 15) is 14.0 Å². The zero-order valence-corrected chi connectivity index (χ0v) is 22.3. The van der Waals surface area contributed by atoms with E-state index in [0.717, 1.165) is 32.2 Å². The van der Waals surface area contributed by atoms with Crippen molar-refractivity contribution in [3.05, 3.63) is 61.7 Å². The summed E-state index contributed by atoms with van der Waals surface area (Å²) in [6, 6.07) is 6.77. The highest BCUT2D eigenvalue weighted by atomic mass is 19.1. The molecule has 4 rings (SSSR count). The first-order chi connectivity index (χ1) is 18.0. The maximum absolute atomic E-state index is 14.8. The molecule has 0 spiro atoms. The van der Waals surface area contributed by atoms with Crippen molar-refractivity contribution >= 4 is 5.69 Å². The topological polar surface area (TPSA) is 81.9 Å². The average Bonchev–Trinajstić information content (AvgIpc) is 2.93. The highest BCUT2D eigenvalue weighted by Gasteiger charge is 2.35. The molecule has 204 valence electrons. The summed E-state index contributed by atoms with van der Waals surface area (Å²) in [7, 11) is 1.65. The minimum absolute atomic E-state index is 0.0120. The minimum atomic E-state index is -0.418. The average molecular weight is 515 g/mol. The van der Waals surface area contributed by atoms with Gasteiger partial charge < -0.3 is 20.1 Å². The molecule has 2 aromatic rings. The maximum atomic E-state index is 14.8. The lowest BCUT2D eigenvalue weighted by molar-refractivity contribution is -0.00436. The SMILES string of the molecule is COCCCOC(c1ccccc1F)C1CCCN(c2c(C[C@H](CN)CC3CCCCC3)c(=O)c2=O)C1. The molecule has 1 aliphatic heterocycles. The van der Waals surface area contributed by atoms with Crippen molar-refractivity contribution in [3.8, 4) is 0 Å². The van der Waals surface area contributed by atoms with Crippen LogP contribution in [0.5, 0.6) is 0 Å². The van der Waals surface area contributed by atoms with Gasteiger partial charge in [0.1, 0.15) is 5.82 Å². The van der Waals surface area contributed by atoms with Crippen LogP contribution >= 0.6 is 0 Å². The summed E-state index contributed by atoms with van der Waals surface area (Å²) in [5.41, 5.74) is 7.18. The van der Waals surface area contributed by atoms with Gasteiger partial charge in [-0.3, -0.25) is 9.59 Å². The number of rotatable bonds is 13. The number of ether oxygens (including phenoxy) is 2. The molecular formula is C30H43FN2O4. The van der Waals surface area contributed by atoms with Gasteiger partial charge in [0.25, 0.3) is 0 Å². The molecule has 1 saturated carbocycles. The third kappa shape index (κ3) is 6.87. The van der Waals surface area contributed by atoms with Crippen LogP contribution in [0.2, 0.25) is 0 Å². The fourth-order valence-electron chi connectivity index (χ4n) is 6.46. The quantitative estimate of drug-likeness (QED) is 0.313. The van der Waals surface area contributed by atoms with Gasteiger partial charge in [-0.1, -0.05) is 50.3 Å². The molecule has 0 aromatic heterocycles. The summed E-state index contributed by atoms with van der Waals surface area (Å²) >= 11 is 0. The van der Waals surface area contributed by atoms with Gasteiger partial charge in [-0.25, -0.2) is 4.39 Å². The van der Waals surface area contributed by atoms with E-state index in [0.29, 0.717) is 55.5 Å². The van der Waals surface area contributed by atoms with Crippen LogP contribution in [0.25, 0.3) is 0 Å². The predicted molar refractivity (Wildman–Crippen MR) is 145 cm³/mol. The zero-order valence-electron chi connectivity index (χ0n) is 22.3. The van der Waals surface area contributed by atoms with E-state index in [4.69, 9.17) is 15.2 Å². The van der Waals surface area contributed by atoms with E-state index in [1.165, 1.54) is 38.2 Å². The molecule has 2 unspecified atom stereocenters. The molecular weight excluding hydrogens is 471 g/mol. The van der Waals surface area contributed by atoms with Crippen molar-refractivity contribution in [3.63, 3.8) is 0 Å². The van der Waals surface area contributed by atoms with Gasteiger partial charge in [0.15, 0.2) is 0 Å². The molecule has 2 N–H and O–H groups in total. The van der Waals surface area contributed by atoms with Crippen LogP contribution in [-0.4, -0.2) is 40.0 Å². The Hall–Kier alpha value is -2.09. The predicted octanol–water partition coefficient (Wildman–Crippen LogP) is 4.52. The Balaban J connectivity index is 1.49. The maximum Gasteiger partial charge on any atom is 0.249 e. The molecule has 2 aromatic carbocycles. The number of hydrogen-bond donors (Lipinski definition) is 1. The largest absolute Gasteiger partial charge is 0.385 e. The van der Waals surface area contributed by atoms with Gasteiger partial charge in [0.05, 0.1) is 11.8 Å². The van der Waals surface area contributed by atoms with Gasteiger partial charge in [0.2, 0.25) is 10.9 Å². The summed E-state index contributed by atoms with van der Waals surface area (Å²) in [6.07, 6.45) is 10.00. The Morgan fingerprint density at radius 3 is 2.57 bits per heavy atom. The van der Waals surface area contributed by atoms with Gasteiger partial charge in [0, 0.05) is 50.5 Å². The molecule has 1 saturated heterocycles. The fraction of sp³-hybridized carbons (Fsp3) is 0.667. The molecule has 1 aliphatic carbocycles. The Bertz CT molecular complexity index is 1060. The minimum Gasteiger partial charge on any atom is -0.385 e. The van der Waals surface area contributed by atoms with E-state index in [2.05, 4.69) is 4.90 Å². The van der Waals surface area contributed by atoms with Crippen LogP contribution in [0.1, 0.15) is 75.0 Å². The van der Waals surface area contributed by atoms with E-state index in [-0.39, 0.29) is 28.5 Å². The van der Waals surface area contributed by atoms with Gasteiger partial charge in [-0.2, -0.15) is 0 Å². The van der Waals surface area contributed by atoms with Crippen LogP contribution < -0.4 is 21.5 Å². The number of hydrogen-bond acceptors (Lipinski definition) is 6. The molecule has 0 radical (unpaired) electrons. The lowest BCUT2D eigenvalue weighted by atomic mass is 9.80. The first-order valence-corrected chi connectivity index (χ1v) is 14.2. The molecule has 37 heavy (non-hydrogen) atoms. The lowest BCUT2D eigenvalue weighted by Crippen LogP contribution is -2.49. The van der Waals surface area contributed by atoms with Gasteiger partial charge in [-0.15, -0.1) is 0 Å². The molecule has 0 amide bonds. The van der Waals surface area contributed by atoms with Crippen molar-refractivity contribution in [2.24, 2.45) is 23.5 Å². The Morgan fingerprint density at radius 1 is 1.05 bits per heavy atom. The van der Waals surface area contributed by atoms with Gasteiger partial charge in [-0.05, 0) is 56.6 Å². The molecule has 6 nitrogen and oxygen atoms in total. The third-order valence-electron chi connectivity index (χ3n) is 8.40. The second-order valence-electron chi connectivity index (χ2n) is 11.0. The number of nitrogens with two attached hydrogens (primary N) is 1. The van der Waals surface area contributed by atoms with Crippen molar-refractivity contribution in [1.29, 1.82) is 0 Å². The highest BCUT2D eigenvalue weighted by molar-refractivity contribution is 5.59. The number of benzene rings is 1. The number of nitrogens with zero attached hydrogens (tertiary/aromatic N) is 1. The third-order valence-corrected chi connectivity index (χ3v) is 8.40. The van der Waals surface area contributed by atoms with Crippen molar-refractivity contribution in [2.45, 2.75) is 70.3 Å². The van der Waals surface area contributed by atoms with E-state index in [1.807, 2.05) is 6.07 Å². The summed E-state index contributed by atoms with van der Waals surface area (Å²) < 4.78 is 26.2. The summed E-state index contributed by atoms with van der Waals surface area (Å²) in [4.78, 5) is 27.5. The van der Waals surface area contributed by atoms with Crippen LogP contribution in [0.4, 0.5) is 10.1 Å². The van der Waals surface area contributed by atoms with E-state index in [1.54, 1.807) is 19.2 Å². The fourth-order valence-corrected chi connectivity index (χ4v) is 6.46. The monoisotopic (exact) mass is 514 g/mol. The first kappa shape index (κ1) is 27.9. The number of piperidine rings is 1. The zero-order chi connectivity index (χ0) is 26.2. The summed E-state index contributed by atoms with van der Waals surface area (Å²) in [5.74, 6) is 0.632. The smallest absolute Gasteiger partial charge is 0.249 e. The van der Waals surface area contributed by atoms with Crippen LogP contribution in [0.15, 0.2) is 33.9 Å². The van der Waals surface area contributed by atoms with Crippen LogP contribution in [0.3, 0.4) is 0 Å². The second-order valence-corrected chi connectivity index (χ2v) is 11.0. The number of halogens is 1. The normalized spacial score (nSPS) is 20.8. The highest BCUT2D eigenvalue weighted by Crippen LogP contribution is 2.36. The van der Waals surface area contributed by atoms with Crippen molar-refractivity contribution in [1.82, 2.24) is 0 Å². The Kier molecular flexibility index (Phi) is 10.3. The van der Waals surface area contributed by atoms with Crippen LogP contribution in [-0.2, 0) is 15.9 Å².